The van der Waals surface area contributed by atoms with E-state index in [0.717, 1.165) is 37.2 Å². The zero-order valence-corrected chi connectivity index (χ0v) is 43.2. The molecule has 0 saturated heterocycles. The van der Waals surface area contributed by atoms with Crippen LogP contribution in [0.25, 0.3) is 39.0 Å². The lowest BCUT2D eigenvalue weighted by Crippen LogP contribution is -1.98. The Morgan fingerprint density at radius 3 is 1.84 bits per heavy atom. The average molecular weight is 905 g/mol. The van der Waals surface area contributed by atoms with Crippen molar-refractivity contribution in [2.24, 2.45) is 5.92 Å². The number of benzene rings is 5. The molecule has 5 aromatic carbocycles. The normalized spacial score (nSPS) is 13.8. The van der Waals surface area contributed by atoms with Crippen LogP contribution in [0.3, 0.4) is 0 Å². The lowest BCUT2D eigenvalue weighted by molar-refractivity contribution is 0.633. The molecule has 0 heteroatoms. The predicted octanol–water partition coefficient (Wildman–Crippen LogP) is 21.4. The van der Waals surface area contributed by atoms with Crippen LogP contribution in [-0.2, 0) is 12.8 Å². The highest BCUT2D eigenvalue weighted by Gasteiger charge is 2.11. The lowest BCUT2D eigenvalue weighted by Gasteiger charge is -2.16. The Morgan fingerprint density at radius 1 is 0.632 bits per heavy atom. The van der Waals surface area contributed by atoms with Crippen molar-refractivity contribution >= 4 is 16.7 Å². The molecule has 0 N–H and O–H groups in total. The molecule has 5 aromatic rings. The lowest BCUT2D eigenvalue weighted by atomic mass is 9.89. The van der Waals surface area contributed by atoms with Crippen LogP contribution in [0.1, 0.15) is 143 Å². The molecule has 0 bridgehead atoms. The molecule has 3 aliphatic rings. The average Bonchev–Trinajstić information content (AvgIpc) is 3.42. The Balaban J connectivity index is 0.000000477. The van der Waals surface area contributed by atoms with Crippen molar-refractivity contribution < 1.29 is 0 Å². The second kappa shape index (κ2) is 36.8. The van der Waals surface area contributed by atoms with Crippen molar-refractivity contribution in [3.05, 3.63) is 247 Å². The van der Waals surface area contributed by atoms with Crippen molar-refractivity contribution in [2.75, 3.05) is 0 Å². The minimum absolute atomic E-state index is 0. The predicted molar refractivity (Wildman–Crippen MR) is 312 cm³/mol. The molecule has 1 unspecified atom stereocenters. The fraction of sp³-hybridized carbons (Fsp3) is 0.294. The van der Waals surface area contributed by atoms with Crippen LogP contribution in [0.2, 0.25) is 0 Å². The molecule has 0 aromatic heterocycles. The van der Waals surface area contributed by atoms with E-state index < -0.39 is 0 Å². The Labute approximate surface area is 417 Å². The molecule has 0 heterocycles. The van der Waals surface area contributed by atoms with E-state index >= 15 is 0 Å². The molecule has 0 aliphatic heterocycles. The van der Waals surface area contributed by atoms with Gasteiger partial charge in [-0.05, 0) is 151 Å². The van der Waals surface area contributed by atoms with Gasteiger partial charge in [-0.1, -0.05) is 269 Å². The van der Waals surface area contributed by atoms with Crippen LogP contribution in [-0.4, -0.2) is 0 Å². The van der Waals surface area contributed by atoms with Gasteiger partial charge in [-0.15, -0.1) is 0 Å². The van der Waals surface area contributed by atoms with E-state index in [-0.39, 0.29) is 7.43 Å². The number of fused-ring (bicyclic) bond motifs is 1. The number of allylic oxidation sites excluding steroid dienone is 16. The van der Waals surface area contributed by atoms with Gasteiger partial charge in [-0.3, -0.25) is 0 Å². The van der Waals surface area contributed by atoms with Crippen molar-refractivity contribution in [1.29, 1.82) is 0 Å². The van der Waals surface area contributed by atoms with E-state index in [1.807, 2.05) is 78.8 Å². The molecular weight excluding hydrogens is 817 g/mol. The maximum absolute atomic E-state index is 3.83. The highest BCUT2D eigenvalue weighted by molar-refractivity contribution is 5.83. The van der Waals surface area contributed by atoms with Gasteiger partial charge in [0.15, 0.2) is 0 Å². The number of aryl methyl sites for hydroxylation is 2. The highest BCUT2D eigenvalue weighted by atomic mass is 14.2. The Hall–Kier alpha value is -6.24. The second-order valence-electron chi connectivity index (χ2n) is 15.9. The molecule has 8 rings (SSSR count). The molecular formula is C68H88. The number of rotatable bonds is 10. The van der Waals surface area contributed by atoms with Gasteiger partial charge >= 0.3 is 0 Å². The third-order valence-electron chi connectivity index (χ3n) is 11.2. The van der Waals surface area contributed by atoms with Gasteiger partial charge < -0.3 is 0 Å². The van der Waals surface area contributed by atoms with Crippen molar-refractivity contribution in [3.8, 4) is 22.3 Å². The van der Waals surface area contributed by atoms with Crippen molar-refractivity contribution in [1.82, 2.24) is 0 Å². The summed E-state index contributed by atoms with van der Waals surface area (Å²) in [6, 6.07) is 45.5. The van der Waals surface area contributed by atoms with Crippen LogP contribution in [0, 0.1) is 5.92 Å². The van der Waals surface area contributed by atoms with Gasteiger partial charge in [0.25, 0.3) is 0 Å². The first-order valence-corrected chi connectivity index (χ1v) is 25.3. The zero-order chi connectivity index (χ0) is 49.1. The van der Waals surface area contributed by atoms with E-state index in [1.165, 1.54) is 92.5 Å². The summed E-state index contributed by atoms with van der Waals surface area (Å²) in [4.78, 5) is 0. The van der Waals surface area contributed by atoms with E-state index in [0.29, 0.717) is 0 Å². The number of hydrogen-bond acceptors (Lipinski definition) is 0. The first-order valence-electron chi connectivity index (χ1n) is 25.3. The maximum atomic E-state index is 3.83. The second-order valence-corrected chi connectivity index (χ2v) is 15.9. The first-order chi connectivity index (χ1) is 32.9. The fourth-order valence-corrected chi connectivity index (χ4v) is 7.58. The summed E-state index contributed by atoms with van der Waals surface area (Å²) >= 11 is 0. The Bertz CT molecular complexity index is 2370. The van der Waals surface area contributed by atoms with Crippen molar-refractivity contribution in [3.63, 3.8) is 0 Å². The van der Waals surface area contributed by atoms with Crippen LogP contribution in [0.5, 0.6) is 0 Å². The molecule has 0 amide bonds. The fourth-order valence-electron chi connectivity index (χ4n) is 7.58. The summed E-state index contributed by atoms with van der Waals surface area (Å²) in [5, 5.41) is 0. The molecule has 0 saturated carbocycles. The van der Waals surface area contributed by atoms with Gasteiger partial charge in [0.1, 0.15) is 0 Å². The molecule has 0 fully saturated rings. The quantitative estimate of drug-likeness (QED) is 0.123. The monoisotopic (exact) mass is 905 g/mol. The molecule has 0 radical (unpaired) electrons. The molecule has 360 valence electrons. The smallest absolute Gasteiger partial charge is 0.00914 e. The van der Waals surface area contributed by atoms with E-state index in [2.05, 4.69) is 204 Å². The summed E-state index contributed by atoms with van der Waals surface area (Å²) in [7, 11) is 0. The van der Waals surface area contributed by atoms with E-state index in [9.17, 15) is 0 Å². The van der Waals surface area contributed by atoms with Crippen molar-refractivity contribution in [2.45, 2.75) is 128 Å². The minimum Gasteiger partial charge on any atom is -0.0991 e. The van der Waals surface area contributed by atoms with Crippen LogP contribution >= 0.6 is 0 Å². The third-order valence-corrected chi connectivity index (χ3v) is 11.2. The molecule has 1 atom stereocenters. The summed E-state index contributed by atoms with van der Waals surface area (Å²) in [5.41, 5.74) is 17.1. The Morgan fingerprint density at radius 2 is 1.26 bits per heavy atom. The van der Waals surface area contributed by atoms with Gasteiger partial charge in [-0.2, -0.15) is 0 Å². The van der Waals surface area contributed by atoms with E-state index in [4.69, 9.17) is 0 Å². The van der Waals surface area contributed by atoms with Gasteiger partial charge in [0.2, 0.25) is 0 Å². The topological polar surface area (TPSA) is 0 Å². The van der Waals surface area contributed by atoms with E-state index in [1.54, 1.807) is 0 Å². The third kappa shape index (κ3) is 21.6. The summed E-state index contributed by atoms with van der Waals surface area (Å²) in [6.45, 7) is 28.1. The summed E-state index contributed by atoms with van der Waals surface area (Å²) < 4.78 is 0. The summed E-state index contributed by atoms with van der Waals surface area (Å²) in [5.74, 6) is 0.819. The highest BCUT2D eigenvalue weighted by Crippen LogP contribution is 2.33. The van der Waals surface area contributed by atoms with Gasteiger partial charge in [0.05, 0.1) is 0 Å². The largest absolute Gasteiger partial charge is 0.0991 e. The first kappa shape index (κ1) is 59.8. The SMILES string of the molecule is C.C=C(C)c1ccccc1.C=C/C=C(C)\C=C/CC1=CCCc2ccccc21.CC.CC.CC.CCC1C=CC=CC1.CCc1cccc(-c2cc(C3=CCCC=C3)cc(-c3ccccc3)c2)c1. The standard InChI is InChI=1S/C26H24.C18H20.C9H10.C8H12.3C2H6.CH4/c1-2-20-10-9-15-23(16-20)26-18-24(21-11-5-3-6-12-21)17-25(19-26)22-13-7-4-8-14-22;1-3-8-15(2)9-6-11-17-13-7-12-16-10-4-5-14-18(16)17;1-8(2)9-6-4-3-5-7-9;1-2-8-6-4-3-5-7-8;3*1-2;/h3,5-7,9-19H,2,4,8H2,1H3;3-6,8-10,13-14H,1,7,11-12H2,2H3;3-7H,1H2,2H3;3-6,8H,2,7H2,1H3;3*1-2H3;1H4/b;9-6-,15-8-;;;;;;. The van der Waals surface area contributed by atoms with Gasteiger partial charge in [-0.25, -0.2) is 0 Å². The van der Waals surface area contributed by atoms with Crippen LogP contribution in [0.15, 0.2) is 219 Å². The number of hydrogen-bond donors (Lipinski definition) is 0. The molecule has 3 aliphatic carbocycles. The van der Waals surface area contributed by atoms with Crippen LogP contribution < -0.4 is 0 Å². The van der Waals surface area contributed by atoms with Crippen LogP contribution in [0.4, 0.5) is 0 Å². The van der Waals surface area contributed by atoms with Gasteiger partial charge in [0, 0.05) is 0 Å². The zero-order valence-electron chi connectivity index (χ0n) is 43.2. The molecule has 68 heavy (non-hydrogen) atoms. The minimum atomic E-state index is 0. The summed E-state index contributed by atoms with van der Waals surface area (Å²) in [6.07, 6.45) is 35.5. The maximum Gasteiger partial charge on any atom is -0.00914 e. The Kier molecular flexibility index (Phi) is 32.4. The molecule has 0 spiro atoms. The molecule has 0 nitrogen and oxygen atoms in total.